The number of halogens is 1. The molecule has 0 bridgehead atoms. The van der Waals surface area contributed by atoms with Gasteiger partial charge in [-0.25, -0.2) is 19.9 Å². The van der Waals surface area contributed by atoms with E-state index in [2.05, 4.69) is 58.4 Å². The molecule has 6 rings (SSSR count). The number of rotatable bonds is 9. The molecule has 3 N–H and O–H groups in total. The molecule has 3 aromatic heterocycles. The predicted molar refractivity (Wildman–Crippen MR) is 168 cm³/mol. The molecule has 0 spiro atoms. The molecule has 4 heterocycles. The third-order valence-corrected chi connectivity index (χ3v) is 10.8. The summed E-state index contributed by atoms with van der Waals surface area (Å²) in [5, 5.41) is 10.5. The third kappa shape index (κ3) is 6.13. The Morgan fingerprint density at radius 2 is 1.86 bits per heavy atom. The Morgan fingerprint density at radius 1 is 1.12 bits per heavy atom. The smallest absolute Gasteiger partial charge is 0.344 e. The molecule has 0 amide bonds. The maximum atomic E-state index is 13.2. The van der Waals surface area contributed by atoms with Crippen molar-refractivity contribution in [1.29, 1.82) is 0 Å². The molecular weight excluding hydrogens is 620 g/mol. The highest BCUT2D eigenvalue weighted by Gasteiger charge is 2.24. The summed E-state index contributed by atoms with van der Waals surface area (Å²) in [7, 11) is 0. The zero-order chi connectivity index (χ0) is 29.2. The summed E-state index contributed by atoms with van der Waals surface area (Å²) in [6, 6.07) is 8.49. The van der Waals surface area contributed by atoms with Crippen molar-refractivity contribution in [2.45, 2.75) is 69.5 Å². The number of benzene rings is 1. The van der Waals surface area contributed by atoms with Crippen LogP contribution in [0.5, 0.6) is 0 Å². The number of aromatic nitrogens is 6. The second-order valence-corrected chi connectivity index (χ2v) is 13.5. The Hall–Kier alpha value is -3.16. The first kappa shape index (κ1) is 28.9. The number of hydrogen-bond acceptors (Lipinski definition) is 8. The molecule has 222 valence electrons. The fourth-order valence-corrected chi connectivity index (χ4v) is 7.57. The first-order valence-electron chi connectivity index (χ1n) is 14.6. The van der Waals surface area contributed by atoms with Crippen molar-refractivity contribution in [2.24, 2.45) is 5.92 Å². The quantitative estimate of drug-likeness (QED) is 0.215. The number of anilines is 3. The predicted octanol–water partition coefficient (Wildman–Crippen LogP) is 4.94. The number of piperidine rings is 1. The molecule has 1 aromatic carbocycles. The van der Waals surface area contributed by atoms with Crippen LogP contribution in [0.4, 0.5) is 17.3 Å². The van der Waals surface area contributed by atoms with Crippen LogP contribution in [0.3, 0.4) is 0 Å². The molecule has 4 aromatic rings. The number of aryl methyl sites for hydroxylation is 1. The SMILES string of the molecule is Cc1c(Br)c(=O)n(C2CCCC2)c2nc(Nc3ccc(N4CCC(CCC[S+]([O-])c5n[nH]c(=O)[nH]5)CC4)cc3)ncc12. The van der Waals surface area contributed by atoms with Crippen LogP contribution in [0.25, 0.3) is 11.0 Å². The second kappa shape index (κ2) is 12.6. The van der Waals surface area contributed by atoms with Gasteiger partial charge in [0.1, 0.15) is 11.4 Å². The number of H-pyrrole nitrogens is 2. The monoisotopic (exact) mass is 654 g/mol. The van der Waals surface area contributed by atoms with Crippen molar-refractivity contribution in [2.75, 3.05) is 29.1 Å². The van der Waals surface area contributed by atoms with Crippen LogP contribution in [-0.4, -0.2) is 53.1 Å². The Kier molecular flexibility index (Phi) is 8.68. The molecule has 2 fully saturated rings. The first-order chi connectivity index (χ1) is 20.4. The van der Waals surface area contributed by atoms with Crippen LogP contribution in [0, 0.1) is 12.8 Å². The minimum atomic E-state index is -1.27. The average molecular weight is 656 g/mol. The van der Waals surface area contributed by atoms with Crippen molar-refractivity contribution in [3.8, 4) is 0 Å². The van der Waals surface area contributed by atoms with E-state index in [9.17, 15) is 14.1 Å². The summed E-state index contributed by atoms with van der Waals surface area (Å²) >= 11 is 2.23. The summed E-state index contributed by atoms with van der Waals surface area (Å²) in [5.41, 5.74) is 3.18. The lowest BCUT2D eigenvalue weighted by molar-refractivity contribution is 0.378. The van der Waals surface area contributed by atoms with E-state index >= 15 is 0 Å². The largest absolute Gasteiger partial charge is 0.609 e. The molecule has 1 atom stereocenters. The van der Waals surface area contributed by atoms with Gasteiger partial charge in [-0.3, -0.25) is 9.36 Å². The summed E-state index contributed by atoms with van der Waals surface area (Å²) in [6.07, 6.45) is 10.1. The van der Waals surface area contributed by atoms with E-state index in [1.807, 2.05) is 29.8 Å². The molecule has 0 radical (unpaired) electrons. The van der Waals surface area contributed by atoms with E-state index in [4.69, 9.17) is 4.98 Å². The van der Waals surface area contributed by atoms with E-state index in [-0.39, 0.29) is 16.8 Å². The number of nitrogens with one attached hydrogen (secondary N) is 3. The first-order valence-corrected chi connectivity index (χ1v) is 16.7. The van der Waals surface area contributed by atoms with E-state index in [1.165, 1.54) is 5.69 Å². The molecule has 1 aliphatic carbocycles. The fraction of sp³-hybridized carbons (Fsp3) is 0.483. The summed E-state index contributed by atoms with van der Waals surface area (Å²) in [5.74, 6) is 1.59. The number of pyridine rings is 1. The number of fused-ring (bicyclic) bond motifs is 1. The molecule has 1 saturated carbocycles. The Morgan fingerprint density at radius 3 is 2.55 bits per heavy atom. The van der Waals surface area contributed by atoms with Crippen molar-refractivity contribution in [1.82, 2.24) is 29.7 Å². The van der Waals surface area contributed by atoms with E-state index < -0.39 is 16.9 Å². The van der Waals surface area contributed by atoms with Gasteiger partial charge in [-0.1, -0.05) is 12.8 Å². The highest BCUT2D eigenvalue weighted by atomic mass is 79.9. The summed E-state index contributed by atoms with van der Waals surface area (Å²) in [6.45, 7) is 3.89. The van der Waals surface area contributed by atoms with E-state index in [0.29, 0.717) is 27.7 Å². The van der Waals surface area contributed by atoms with Crippen molar-refractivity contribution < 1.29 is 4.55 Å². The van der Waals surface area contributed by atoms with Crippen molar-refractivity contribution >= 4 is 55.5 Å². The normalized spacial score (nSPS) is 17.3. The van der Waals surface area contributed by atoms with Gasteiger partial charge in [0.2, 0.25) is 5.95 Å². The molecule has 1 aliphatic heterocycles. The van der Waals surface area contributed by atoms with Crippen LogP contribution in [-0.2, 0) is 11.2 Å². The molecule has 42 heavy (non-hydrogen) atoms. The molecule has 11 nitrogen and oxygen atoms in total. The molecule has 2 aliphatic rings. The minimum Gasteiger partial charge on any atom is -0.609 e. The Bertz CT molecular complexity index is 1660. The number of hydrogen-bond donors (Lipinski definition) is 3. The number of aromatic amines is 2. The highest BCUT2D eigenvalue weighted by molar-refractivity contribution is 9.10. The van der Waals surface area contributed by atoms with Crippen LogP contribution in [0.2, 0.25) is 0 Å². The lowest BCUT2D eigenvalue weighted by atomic mass is 9.92. The van der Waals surface area contributed by atoms with Gasteiger partial charge in [0, 0.05) is 53.3 Å². The van der Waals surface area contributed by atoms with Gasteiger partial charge in [0.25, 0.3) is 5.56 Å². The maximum Gasteiger partial charge on any atom is 0.344 e. The molecule has 1 unspecified atom stereocenters. The topological polar surface area (TPSA) is 148 Å². The van der Waals surface area contributed by atoms with Gasteiger partial charge < -0.3 is 14.8 Å². The van der Waals surface area contributed by atoms with Crippen molar-refractivity contribution in [3.63, 3.8) is 0 Å². The Labute approximate surface area is 254 Å². The molecular formula is C29H35BrN8O3S. The zero-order valence-corrected chi connectivity index (χ0v) is 26.0. The van der Waals surface area contributed by atoms with Crippen LogP contribution in [0.1, 0.15) is 63.0 Å². The van der Waals surface area contributed by atoms with Crippen LogP contribution < -0.4 is 21.5 Å². The van der Waals surface area contributed by atoms with Gasteiger partial charge in [-0.05, 0) is 97.1 Å². The lowest BCUT2D eigenvalue weighted by Crippen LogP contribution is -2.33. The van der Waals surface area contributed by atoms with Crippen LogP contribution in [0.15, 0.2) is 49.7 Å². The second-order valence-electron chi connectivity index (χ2n) is 11.3. The molecule has 1 saturated heterocycles. The highest BCUT2D eigenvalue weighted by Crippen LogP contribution is 2.33. The minimum absolute atomic E-state index is 0.0220. The van der Waals surface area contributed by atoms with Gasteiger partial charge in [0.15, 0.2) is 0 Å². The lowest BCUT2D eigenvalue weighted by Gasteiger charge is -2.33. The number of nitrogens with zero attached hydrogens (tertiary/aromatic N) is 5. The van der Waals surface area contributed by atoms with Gasteiger partial charge in [-0.15, -0.1) is 5.10 Å². The standard InChI is InChI=1S/C29H35BrN8O3S/c1-18-23-17-31-27(33-25(23)38(26(39)24(18)30)22-6-2-3-7-22)32-20-8-10-21(11-9-20)37-14-12-19(13-15-37)5-4-16-42(41)29-34-28(40)35-36-29/h8-11,17,19,22H,2-7,12-16H2,1H3,(H,31,32,33)(H2,34,35,36,40). The van der Waals surface area contributed by atoms with Gasteiger partial charge in [-0.2, -0.15) is 4.98 Å². The van der Waals surface area contributed by atoms with Gasteiger partial charge >= 0.3 is 10.8 Å². The van der Waals surface area contributed by atoms with E-state index in [0.717, 1.165) is 81.1 Å². The van der Waals surface area contributed by atoms with Crippen molar-refractivity contribution in [3.05, 3.63) is 61.3 Å². The third-order valence-electron chi connectivity index (χ3n) is 8.57. The fourth-order valence-electron chi connectivity index (χ4n) is 6.19. The van der Waals surface area contributed by atoms with Gasteiger partial charge in [0.05, 0.1) is 4.47 Å². The average Bonchev–Trinajstić information content (AvgIpc) is 3.69. The zero-order valence-electron chi connectivity index (χ0n) is 23.6. The summed E-state index contributed by atoms with van der Waals surface area (Å²) < 4.78 is 14.7. The molecule has 13 heteroatoms. The van der Waals surface area contributed by atoms with Crippen LogP contribution >= 0.6 is 15.9 Å². The summed E-state index contributed by atoms with van der Waals surface area (Å²) in [4.78, 5) is 38.6. The van der Waals surface area contributed by atoms with E-state index in [1.54, 1.807) is 0 Å². The Balaban J connectivity index is 1.06. The maximum absolute atomic E-state index is 13.2.